The fourth-order valence-electron chi connectivity index (χ4n) is 3.91. The summed E-state index contributed by atoms with van der Waals surface area (Å²) in [6.07, 6.45) is 2.23. The molecule has 0 N–H and O–H groups in total. The van der Waals surface area contributed by atoms with E-state index in [1.807, 2.05) is 55.1 Å². The molecule has 5 heteroatoms. The summed E-state index contributed by atoms with van der Waals surface area (Å²) in [4.78, 5) is 15.3. The van der Waals surface area contributed by atoms with Crippen LogP contribution < -0.4 is 4.74 Å². The first kappa shape index (κ1) is 18.5. The summed E-state index contributed by atoms with van der Waals surface area (Å²) in [5.74, 6) is 1.94. The van der Waals surface area contributed by atoms with Crippen LogP contribution in [0.4, 0.5) is 0 Å². The number of amides is 1. The summed E-state index contributed by atoms with van der Waals surface area (Å²) in [7, 11) is 0. The van der Waals surface area contributed by atoms with E-state index in [2.05, 4.69) is 12.1 Å². The van der Waals surface area contributed by atoms with Gasteiger partial charge in [-0.2, -0.15) is 0 Å². The van der Waals surface area contributed by atoms with Crippen molar-refractivity contribution in [2.24, 2.45) is 5.92 Å². The molecule has 3 aromatic rings. The maximum Gasteiger partial charge on any atom is 0.257 e. The Labute approximate surface area is 165 Å². The van der Waals surface area contributed by atoms with E-state index >= 15 is 0 Å². The molecule has 5 nitrogen and oxygen atoms in total. The van der Waals surface area contributed by atoms with Crippen LogP contribution >= 0.6 is 0 Å². The molecule has 2 heterocycles. The molecule has 1 aromatic heterocycles. The molecule has 28 heavy (non-hydrogen) atoms. The molecule has 146 valence electrons. The minimum atomic E-state index is 0.0473. The number of benzene rings is 2. The number of piperidine rings is 1. The van der Waals surface area contributed by atoms with E-state index < -0.39 is 0 Å². The number of carbonyl (C=O) groups excluding carboxylic acids is 1. The number of aryl methyl sites for hydroxylation is 2. The third-order valence-electron chi connectivity index (χ3n) is 5.58. The third kappa shape index (κ3) is 3.61. The zero-order chi connectivity index (χ0) is 19.7. The number of likely N-dealkylation sites (tertiary alicyclic amines) is 1. The molecule has 1 saturated heterocycles. The maximum absolute atomic E-state index is 13.3. The summed E-state index contributed by atoms with van der Waals surface area (Å²) < 4.78 is 11.4. The van der Waals surface area contributed by atoms with Gasteiger partial charge < -0.3 is 14.2 Å². The highest BCUT2D eigenvalue weighted by Crippen LogP contribution is 2.30. The van der Waals surface area contributed by atoms with Crippen molar-refractivity contribution in [1.29, 1.82) is 0 Å². The number of rotatable bonds is 4. The molecule has 1 amide bonds. The van der Waals surface area contributed by atoms with Gasteiger partial charge in [-0.1, -0.05) is 36.3 Å². The number of hydrogen-bond donors (Lipinski definition) is 0. The Balaban J connectivity index is 1.69. The van der Waals surface area contributed by atoms with Crippen LogP contribution in [0.3, 0.4) is 0 Å². The molecule has 0 spiro atoms. The maximum atomic E-state index is 13.3. The van der Waals surface area contributed by atoms with Crippen LogP contribution in [-0.2, 0) is 6.61 Å². The first-order valence-electron chi connectivity index (χ1n) is 9.89. The number of nitrogens with zero attached hydrogens (tertiary/aromatic N) is 2. The molecule has 1 aliphatic rings. The number of ether oxygens (including phenoxy) is 1. The molecule has 4 rings (SSSR count). The summed E-state index contributed by atoms with van der Waals surface area (Å²) in [5.41, 5.74) is 2.37. The van der Waals surface area contributed by atoms with Gasteiger partial charge >= 0.3 is 0 Å². The van der Waals surface area contributed by atoms with Crippen molar-refractivity contribution < 1.29 is 14.1 Å². The monoisotopic (exact) mass is 378 g/mol. The Morgan fingerprint density at radius 2 is 2.00 bits per heavy atom. The Morgan fingerprint density at radius 3 is 2.68 bits per heavy atom. The summed E-state index contributed by atoms with van der Waals surface area (Å²) in [6.45, 7) is 7.91. The van der Waals surface area contributed by atoms with E-state index in [-0.39, 0.29) is 5.91 Å². The van der Waals surface area contributed by atoms with Gasteiger partial charge in [0, 0.05) is 13.1 Å². The second kappa shape index (κ2) is 7.66. The topological polar surface area (TPSA) is 55.6 Å². The van der Waals surface area contributed by atoms with Crippen LogP contribution in [0.25, 0.3) is 10.8 Å². The van der Waals surface area contributed by atoms with Gasteiger partial charge in [0.05, 0.1) is 16.8 Å². The Hall–Kier alpha value is -2.82. The normalized spacial score (nSPS) is 17.1. The van der Waals surface area contributed by atoms with Crippen molar-refractivity contribution in [3.05, 3.63) is 59.0 Å². The van der Waals surface area contributed by atoms with Crippen LogP contribution in [0, 0.1) is 19.8 Å². The predicted octanol–water partition coefficient (Wildman–Crippen LogP) is 4.90. The number of fused-ring (bicyclic) bond motifs is 1. The zero-order valence-corrected chi connectivity index (χ0v) is 16.7. The molecular formula is C23H26N2O3. The van der Waals surface area contributed by atoms with Crippen LogP contribution in [0.15, 0.2) is 40.9 Å². The van der Waals surface area contributed by atoms with Crippen molar-refractivity contribution in [3.63, 3.8) is 0 Å². The van der Waals surface area contributed by atoms with Crippen LogP contribution in [0.1, 0.15) is 47.1 Å². The highest BCUT2D eigenvalue weighted by molar-refractivity contribution is 6.01. The first-order valence-corrected chi connectivity index (χ1v) is 9.89. The fraction of sp³-hybridized carbons (Fsp3) is 0.391. The third-order valence-corrected chi connectivity index (χ3v) is 5.58. The second-order valence-electron chi connectivity index (χ2n) is 7.79. The van der Waals surface area contributed by atoms with E-state index in [0.29, 0.717) is 23.8 Å². The molecule has 1 unspecified atom stereocenters. The van der Waals surface area contributed by atoms with E-state index in [1.165, 1.54) is 6.42 Å². The second-order valence-corrected chi connectivity index (χ2v) is 7.79. The van der Waals surface area contributed by atoms with Crippen molar-refractivity contribution in [2.75, 3.05) is 13.1 Å². The van der Waals surface area contributed by atoms with Crippen LogP contribution in [0.2, 0.25) is 0 Å². The molecular weight excluding hydrogens is 352 g/mol. The van der Waals surface area contributed by atoms with Crippen LogP contribution in [0.5, 0.6) is 5.75 Å². The highest BCUT2D eigenvalue weighted by atomic mass is 16.5. The quantitative estimate of drug-likeness (QED) is 0.648. The zero-order valence-electron chi connectivity index (χ0n) is 16.7. The summed E-state index contributed by atoms with van der Waals surface area (Å²) >= 11 is 0. The fourth-order valence-corrected chi connectivity index (χ4v) is 3.91. The first-order chi connectivity index (χ1) is 13.5. The van der Waals surface area contributed by atoms with Crippen molar-refractivity contribution in [2.45, 2.75) is 40.2 Å². The lowest BCUT2D eigenvalue weighted by atomic mass is 9.98. The Kier molecular flexibility index (Phi) is 5.07. The molecule has 1 fully saturated rings. The van der Waals surface area contributed by atoms with Crippen molar-refractivity contribution in [1.82, 2.24) is 10.1 Å². The Morgan fingerprint density at radius 1 is 1.25 bits per heavy atom. The predicted molar refractivity (Wildman–Crippen MR) is 109 cm³/mol. The van der Waals surface area contributed by atoms with Crippen molar-refractivity contribution in [3.8, 4) is 5.75 Å². The van der Waals surface area contributed by atoms with Gasteiger partial charge in [-0.25, -0.2) is 0 Å². The minimum absolute atomic E-state index is 0.0473. The molecule has 1 aliphatic heterocycles. The summed E-state index contributed by atoms with van der Waals surface area (Å²) in [6, 6.07) is 12.0. The minimum Gasteiger partial charge on any atom is -0.488 e. The van der Waals surface area contributed by atoms with Gasteiger partial charge in [0.1, 0.15) is 18.1 Å². The van der Waals surface area contributed by atoms with E-state index in [0.717, 1.165) is 47.3 Å². The van der Waals surface area contributed by atoms with Crippen molar-refractivity contribution >= 4 is 16.7 Å². The van der Waals surface area contributed by atoms with Crippen LogP contribution in [-0.4, -0.2) is 29.1 Å². The lowest BCUT2D eigenvalue weighted by molar-refractivity contribution is 0.0678. The van der Waals surface area contributed by atoms with Gasteiger partial charge in [0.2, 0.25) is 0 Å². The standard InChI is InChI=1S/C23H26N2O3/c1-15-7-6-10-25(13-15)23(26)20-11-18-8-4-5-9-19(18)12-22(20)27-14-21-16(2)24-28-17(21)3/h4-5,8-9,11-12,15H,6-7,10,13-14H2,1-3H3. The van der Waals surface area contributed by atoms with E-state index in [1.54, 1.807) is 0 Å². The van der Waals surface area contributed by atoms with E-state index in [4.69, 9.17) is 9.26 Å². The average Bonchev–Trinajstić information content (AvgIpc) is 3.02. The number of aromatic nitrogens is 1. The lowest BCUT2D eigenvalue weighted by Crippen LogP contribution is -2.39. The van der Waals surface area contributed by atoms with Gasteiger partial charge in [-0.3, -0.25) is 4.79 Å². The van der Waals surface area contributed by atoms with Gasteiger partial charge in [0.25, 0.3) is 5.91 Å². The summed E-state index contributed by atoms with van der Waals surface area (Å²) in [5, 5.41) is 6.09. The molecule has 0 aliphatic carbocycles. The average molecular weight is 378 g/mol. The lowest BCUT2D eigenvalue weighted by Gasteiger charge is -2.31. The smallest absolute Gasteiger partial charge is 0.257 e. The number of hydrogen-bond acceptors (Lipinski definition) is 4. The molecule has 2 aromatic carbocycles. The van der Waals surface area contributed by atoms with Gasteiger partial charge in [-0.05, 0) is 55.5 Å². The molecule has 0 saturated carbocycles. The SMILES string of the molecule is Cc1noc(C)c1COc1cc2ccccc2cc1C(=O)N1CCCC(C)C1. The Bertz CT molecular complexity index is 989. The highest BCUT2D eigenvalue weighted by Gasteiger charge is 2.25. The van der Waals surface area contributed by atoms with Gasteiger partial charge in [-0.15, -0.1) is 0 Å². The largest absolute Gasteiger partial charge is 0.488 e. The van der Waals surface area contributed by atoms with Gasteiger partial charge in [0.15, 0.2) is 0 Å². The molecule has 0 radical (unpaired) electrons. The molecule has 1 atom stereocenters. The van der Waals surface area contributed by atoms with E-state index in [9.17, 15) is 4.79 Å². The number of carbonyl (C=O) groups is 1. The molecule has 0 bridgehead atoms.